The summed E-state index contributed by atoms with van der Waals surface area (Å²) in [5.74, 6) is -0.587. The van der Waals surface area contributed by atoms with E-state index in [4.69, 9.17) is 0 Å². The van der Waals surface area contributed by atoms with E-state index in [-0.39, 0.29) is 11.3 Å². The Morgan fingerprint density at radius 1 is 1.20 bits per heavy atom. The monoisotopic (exact) mass is 416 g/mol. The molecular weight excluding hydrogens is 400 g/mol. The number of nitro benzene ring substituents is 1. The maximum absolute atomic E-state index is 12.4. The van der Waals surface area contributed by atoms with Gasteiger partial charge in [0.2, 0.25) is 0 Å². The van der Waals surface area contributed by atoms with Gasteiger partial charge in [-0.25, -0.2) is 4.98 Å². The van der Waals surface area contributed by atoms with Gasteiger partial charge in [0.05, 0.1) is 9.82 Å². The summed E-state index contributed by atoms with van der Waals surface area (Å²) < 4.78 is 0. The highest BCUT2D eigenvalue weighted by molar-refractivity contribution is 7.99. The number of amides is 1. The Morgan fingerprint density at radius 3 is 2.60 bits per heavy atom. The van der Waals surface area contributed by atoms with Crippen LogP contribution in [0.5, 0.6) is 0 Å². The number of rotatable bonds is 6. The third-order valence-corrected chi connectivity index (χ3v) is 5.03. The number of carbonyl (C=O) groups is 1. The second kappa shape index (κ2) is 9.49. The van der Waals surface area contributed by atoms with Crippen molar-refractivity contribution in [2.45, 2.75) is 16.8 Å². The molecule has 0 saturated heterocycles. The van der Waals surface area contributed by atoms with Crippen LogP contribution < -0.4 is 5.32 Å². The Balaban J connectivity index is 1.86. The number of nitriles is 1. The van der Waals surface area contributed by atoms with Gasteiger partial charge in [-0.15, -0.1) is 0 Å². The van der Waals surface area contributed by atoms with Gasteiger partial charge in [0, 0.05) is 18.0 Å². The molecule has 0 saturated carbocycles. The number of carbonyl (C=O) groups excluding carboxylic acids is 1. The van der Waals surface area contributed by atoms with Crippen molar-refractivity contribution in [3.05, 3.63) is 93.7 Å². The molecule has 1 N–H and O–H groups in total. The average molecular weight is 416 g/mol. The lowest BCUT2D eigenvalue weighted by molar-refractivity contribution is -0.387. The van der Waals surface area contributed by atoms with E-state index in [1.54, 1.807) is 48.7 Å². The molecule has 0 aliphatic rings. The summed E-state index contributed by atoms with van der Waals surface area (Å²) in [6.07, 6.45) is 2.93. The maximum atomic E-state index is 12.4. The number of nitrogens with zero attached hydrogens (tertiary/aromatic N) is 3. The number of nitro groups is 1. The van der Waals surface area contributed by atoms with E-state index >= 15 is 0 Å². The predicted octanol–water partition coefficient (Wildman–Crippen LogP) is 5.00. The maximum Gasteiger partial charge on any atom is 0.283 e. The lowest BCUT2D eigenvalue weighted by Gasteiger charge is -2.06. The van der Waals surface area contributed by atoms with Crippen molar-refractivity contribution in [1.29, 1.82) is 5.26 Å². The molecule has 2 aromatic carbocycles. The number of nitrogens with one attached hydrogen (secondary N) is 1. The molecule has 8 heteroatoms. The molecule has 0 aliphatic heterocycles. The van der Waals surface area contributed by atoms with Crippen LogP contribution in [0.3, 0.4) is 0 Å². The highest BCUT2D eigenvalue weighted by Gasteiger charge is 2.17. The van der Waals surface area contributed by atoms with Crippen molar-refractivity contribution in [3.8, 4) is 6.07 Å². The van der Waals surface area contributed by atoms with Crippen LogP contribution in [-0.2, 0) is 4.79 Å². The first-order valence-corrected chi connectivity index (χ1v) is 9.65. The first-order chi connectivity index (χ1) is 14.5. The number of anilines is 1. The largest absolute Gasteiger partial charge is 0.321 e. The highest BCUT2D eigenvalue weighted by atomic mass is 32.2. The fourth-order valence-electron chi connectivity index (χ4n) is 2.52. The first-order valence-electron chi connectivity index (χ1n) is 8.83. The Labute approximate surface area is 177 Å². The van der Waals surface area contributed by atoms with Gasteiger partial charge in [-0.3, -0.25) is 14.9 Å². The smallest absolute Gasteiger partial charge is 0.283 e. The SMILES string of the molecule is Cc1ccc(NC(=O)/C(C#N)=C/c2ccc(Sc3ccccn3)c([N+](=O)[O-])c2)cc1. The molecule has 0 bridgehead atoms. The van der Waals surface area contributed by atoms with Gasteiger partial charge in [-0.1, -0.05) is 41.6 Å². The van der Waals surface area contributed by atoms with Gasteiger partial charge in [-0.05, 0) is 48.9 Å². The summed E-state index contributed by atoms with van der Waals surface area (Å²) in [6, 6.07) is 18.8. The van der Waals surface area contributed by atoms with E-state index in [2.05, 4.69) is 10.3 Å². The molecule has 1 heterocycles. The normalized spacial score (nSPS) is 10.9. The van der Waals surface area contributed by atoms with E-state index in [1.807, 2.05) is 25.1 Å². The minimum absolute atomic E-state index is 0.129. The fourth-order valence-corrected chi connectivity index (χ4v) is 3.38. The molecule has 1 amide bonds. The van der Waals surface area contributed by atoms with Gasteiger partial charge in [0.15, 0.2) is 0 Å². The molecule has 0 unspecified atom stereocenters. The van der Waals surface area contributed by atoms with Gasteiger partial charge < -0.3 is 5.32 Å². The molecule has 1 aromatic heterocycles. The zero-order valence-corrected chi connectivity index (χ0v) is 16.7. The van der Waals surface area contributed by atoms with Crippen molar-refractivity contribution >= 4 is 35.1 Å². The summed E-state index contributed by atoms with van der Waals surface area (Å²) in [5.41, 5.74) is 1.69. The lowest BCUT2D eigenvalue weighted by Crippen LogP contribution is -2.13. The number of benzene rings is 2. The average Bonchev–Trinajstić information content (AvgIpc) is 2.75. The molecule has 3 rings (SSSR count). The van der Waals surface area contributed by atoms with Gasteiger partial charge in [0.1, 0.15) is 16.7 Å². The second-order valence-corrected chi connectivity index (χ2v) is 7.31. The third kappa shape index (κ3) is 5.31. The summed E-state index contributed by atoms with van der Waals surface area (Å²) in [4.78, 5) is 28.0. The predicted molar refractivity (Wildman–Crippen MR) is 115 cm³/mol. The lowest BCUT2D eigenvalue weighted by atomic mass is 10.1. The summed E-state index contributed by atoms with van der Waals surface area (Å²) in [7, 11) is 0. The number of aryl methyl sites for hydroxylation is 1. The summed E-state index contributed by atoms with van der Waals surface area (Å²) in [6.45, 7) is 1.93. The molecule has 7 nitrogen and oxygen atoms in total. The minimum Gasteiger partial charge on any atom is -0.321 e. The van der Waals surface area contributed by atoms with Crippen molar-refractivity contribution in [1.82, 2.24) is 4.98 Å². The van der Waals surface area contributed by atoms with E-state index in [0.717, 1.165) is 5.56 Å². The third-order valence-electron chi connectivity index (χ3n) is 4.02. The molecule has 0 radical (unpaired) electrons. The zero-order chi connectivity index (χ0) is 21.5. The fraction of sp³-hybridized carbons (Fsp3) is 0.0455. The van der Waals surface area contributed by atoms with Gasteiger partial charge >= 0.3 is 0 Å². The summed E-state index contributed by atoms with van der Waals surface area (Å²) >= 11 is 1.17. The standard InChI is InChI=1S/C22H16N4O3S/c1-15-5-8-18(9-6-15)25-22(27)17(14-23)12-16-7-10-20(19(13-16)26(28)29)30-21-4-2-3-11-24-21/h2-13H,1H3,(H,25,27)/b17-12+. The van der Waals surface area contributed by atoms with Crippen molar-refractivity contribution in [2.75, 3.05) is 5.32 Å². The van der Waals surface area contributed by atoms with E-state index < -0.39 is 10.8 Å². The Hall–Kier alpha value is -3.96. The van der Waals surface area contributed by atoms with Crippen LogP contribution in [-0.4, -0.2) is 15.8 Å². The van der Waals surface area contributed by atoms with E-state index in [9.17, 15) is 20.2 Å². The first kappa shape index (κ1) is 20.8. The van der Waals surface area contributed by atoms with Crippen LogP contribution in [0.25, 0.3) is 6.08 Å². The molecule has 30 heavy (non-hydrogen) atoms. The number of aromatic nitrogens is 1. The Morgan fingerprint density at radius 2 is 1.97 bits per heavy atom. The molecule has 148 valence electrons. The van der Waals surface area contributed by atoms with E-state index in [1.165, 1.54) is 23.9 Å². The van der Waals surface area contributed by atoms with Gasteiger partial charge in [0.25, 0.3) is 11.6 Å². The molecule has 3 aromatic rings. The van der Waals surface area contributed by atoms with Crippen LogP contribution in [0.1, 0.15) is 11.1 Å². The molecular formula is C22H16N4O3S. The van der Waals surface area contributed by atoms with Crippen LogP contribution >= 0.6 is 11.8 Å². The molecule has 0 spiro atoms. The quantitative estimate of drug-likeness (QED) is 0.262. The van der Waals surface area contributed by atoms with E-state index in [0.29, 0.717) is 21.2 Å². The van der Waals surface area contributed by atoms with Crippen LogP contribution in [0.2, 0.25) is 0 Å². The van der Waals surface area contributed by atoms with Crippen LogP contribution in [0, 0.1) is 28.4 Å². The topological polar surface area (TPSA) is 109 Å². The van der Waals surface area contributed by atoms with Crippen molar-refractivity contribution < 1.29 is 9.72 Å². The highest BCUT2D eigenvalue weighted by Crippen LogP contribution is 2.34. The second-order valence-electron chi connectivity index (χ2n) is 6.24. The number of hydrogen-bond acceptors (Lipinski definition) is 6. The van der Waals surface area contributed by atoms with Crippen molar-refractivity contribution in [2.24, 2.45) is 0 Å². The minimum atomic E-state index is -0.587. The summed E-state index contributed by atoms with van der Waals surface area (Å²) in [5, 5.41) is 24.2. The molecule has 0 atom stereocenters. The zero-order valence-electron chi connectivity index (χ0n) is 15.9. The Kier molecular flexibility index (Phi) is 6.57. The van der Waals surface area contributed by atoms with Crippen LogP contribution in [0.4, 0.5) is 11.4 Å². The Bertz CT molecular complexity index is 1150. The number of pyridine rings is 1. The van der Waals surface area contributed by atoms with Crippen LogP contribution in [0.15, 0.2) is 82.4 Å². The molecule has 0 aliphatic carbocycles. The van der Waals surface area contributed by atoms with Crippen molar-refractivity contribution in [3.63, 3.8) is 0 Å². The van der Waals surface area contributed by atoms with Gasteiger partial charge in [-0.2, -0.15) is 5.26 Å². The number of hydrogen-bond donors (Lipinski definition) is 1. The molecule has 0 fully saturated rings.